The highest BCUT2D eigenvalue weighted by Gasteiger charge is 2.11. The molecule has 0 saturated heterocycles. The maximum atomic E-state index is 8.15. The summed E-state index contributed by atoms with van der Waals surface area (Å²) in [5.74, 6) is 0. The van der Waals surface area contributed by atoms with Crippen LogP contribution in [0.4, 0.5) is 0 Å². The normalized spacial score (nSPS) is 12.9. The lowest BCUT2D eigenvalue weighted by Crippen LogP contribution is -2.40. The topological polar surface area (TPSA) is 55.2 Å². The molecule has 5 heteroatoms. The number of hydrogen-bond donors (Lipinski definition) is 0. The smallest absolute Gasteiger partial charge is 0.0270 e. The summed E-state index contributed by atoms with van der Waals surface area (Å²) >= 11 is 0. The van der Waals surface area contributed by atoms with Gasteiger partial charge >= 0.3 is 0 Å². The standard InChI is InChI=1S/C10H23N5/c1-5-15(8-6-7-12-13-11)10(2)9-14(3)4/h10H,5-9H2,1-4H3. The fourth-order valence-corrected chi connectivity index (χ4v) is 1.72. The Kier molecular flexibility index (Phi) is 8.09. The Morgan fingerprint density at radius 1 is 1.40 bits per heavy atom. The molecule has 0 bridgehead atoms. The minimum atomic E-state index is 0.552. The Morgan fingerprint density at radius 2 is 2.07 bits per heavy atom. The van der Waals surface area contributed by atoms with Crippen LogP contribution in [-0.4, -0.2) is 56.1 Å². The summed E-state index contributed by atoms with van der Waals surface area (Å²) < 4.78 is 0. The molecule has 0 saturated carbocycles. The van der Waals surface area contributed by atoms with Crippen molar-refractivity contribution in [2.24, 2.45) is 5.11 Å². The predicted molar refractivity (Wildman–Crippen MR) is 63.9 cm³/mol. The zero-order valence-electron chi connectivity index (χ0n) is 10.3. The van der Waals surface area contributed by atoms with E-state index >= 15 is 0 Å². The van der Waals surface area contributed by atoms with E-state index in [1.54, 1.807) is 0 Å². The van der Waals surface area contributed by atoms with E-state index in [1.165, 1.54) is 0 Å². The maximum Gasteiger partial charge on any atom is 0.0270 e. The molecule has 0 aliphatic heterocycles. The van der Waals surface area contributed by atoms with Gasteiger partial charge in [-0.1, -0.05) is 12.0 Å². The molecule has 1 unspecified atom stereocenters. The molecule has 15 heavy (non-hydrogen) atoms. The monoisotopic (exact) mass is 213 g/mol. The van der Waals surface area contributed by atoms with Gasteiger partial charge in [-0.2, -0.15) is 0 Å². The first-order valence-corrected chi connectivity index (χ1v) is 5.51. The molecule has 0 rings (SSSR count). The van der Waals surface area contributed by atoms with Crippen LogP contribution in [0, 0.1) is 0 Å². The van der Waals surface area contributed by atoms with Crippen LogP contribution in [0.25, 0.3) is 10.4 Å². The van der Waals surface area contributed by atoms with Gasteiger partial charge < -0.3 is 4.90 Å². The average molecular weight is 213 g/mol. The summed E-state index contributed by atoms with van der Waals surface area (Å²) in [7, 11) is 4.18. The summed E-state index contributed by atoms with van der Waals surface area (Å²) in [4.78, 5) is 7.35. The molecule has 0 aliphatic rings. The zero-order chi connectivity index (χ0) is 11.7. The lowest BCUT2D eigenvalue weighted by molar-refractivity contribution is 0.181. The van der Waals surface area contributed by atoms with Crippen molar-refractivity contribution in [3.05, 3.63) is 10.4 Å². The fraction of sp³-hybridized carbons (Fsp3) is 1.00. The third-order valence-electron chi connectivity index (χ3n) is 2.43. The van der Waals surface area contributed by atoms with Crippen LogP contribution < -0.4 is 0 Å². The first-order chi connectivity index (χ1) is 7.11. The van der Waals surface area contributed by atoms with E-state index in [4.69, 9.17) is 5.53 Å². The highest BCUT2D eigenvalue weighted by atomic mass is 15.2. The number of rotatable bonds is 8. The van der Waals surface area contributed by atoms with Crippen molar-refractivity contribution in [2.45, 2.75) is 26.3 Å². The van der Waals surface area contributed by atoms with Crippen LogP contribution in [0.5, 0.6) is 0 Å². The predicted octanol–water partition coefficient (Wildman–Crippen LogP) is 1.96. The fourth-order valence-electron chi connectivity index (χ4n) is 1.72. The van der Waals surface area contributed by atoms with Gasteiger partial charge in [0.25, 0.3) is 0 Å². The Labute approximate surface area is 92.7 Å². The summed E-state index contributed by atoms with van der Waals surface area (Å²) in [5, 5.41) is 3.54. The molecular weight excluding hydrogens is 190 g/mol. The Balaban J connectivity index is 3.84. The lowest BCUT2D eigenvalue weighted by atomic mass is 10.2. The van der Waals surface area contributed by atoms with Crippen molar-refractivity contribution in [1.29, 1.82) is 0 Å². The van der Waals surface area contributed by atoms with Crippen molar-refractivity contribution in [1.82, 2.24) is 9.80 Å². The van der Waals surface area contributed by atoms with Gasteiger partial charge in [0.1, 0.15) is 0 Å². The van der Waals surface area contributed by atoms with E-state index in [9.17, 15) is 0 Å². The summed E-state index contributed by atoms with van der Waals surface area (Å²) in [6, 6.07) is 0.552. The molecule has 0 aliphatic carbocycles. The Hall–Kier alpha value is -0.770. The first-order valence-electron chi connectivity index (χ1n) is 5.51. The van der Waals surface area contributed by atoms with Gasteiger partial charge in [-0.25, -0.2) is 0 Å². The first kappa shape index (κ1) is 14.2. The minimum absolute atomic E-state index is 0.552. The molecule has 0 fully saturated rings. The average Bonchev–Trinajstić information content (AvgIpc) is 2.16. The van der Waals surface area contributed by atoms with Gasteiger partial charge in [0.15, 0.2) is 0 Å². The van der Waals surface area contributed by atoms with E-state index in [0.717, 1.165) is 26.1 Å². The van der Waals surface area contributed by atoms with Gasteiger partial charge in [0, 0.05) is 24.0 Å². The molecule has 0 aromatic rings. The third-order valence-corrected chi connectivity index (χ3v) is 2.43. The van der Waals surface area contributed by atoms with E-state index in [0.29, 0.717) is 12.6 Å². The third kappa shape index (κ3) is 7.19. The molecule has 0 amide bonds. The molecule has 0 aromatic heterocycles. The molecule has 0 heterocycles. The van der Waals surface area contributed by atoms with Gasteiger partial charge in [-0.05, 0) is 46.1 Å². The van der Waals surface area contributed by atoms with Gasteiger partial charge in [-0.3, -0.25) is 4.90 Å². The molecule has 0 radical (unpaired) electrons. The molecule has 0 N–H and O–H groups in total. The molecule has 88 valence electrons. The van der Waals surface area contributed by atoms with Crippen molar-refractivity contribution in [2.75, 3.05) is 40.3 Å². The molecular formula is C10H23N5. The van der Waals surface area contributed by atoms with Crippen molar-refractivity contribution in [3.63, 3.8) is 0 Å². The van der Waals surface area contributed by atoms with Crippen molar-refractivity contribution >= 4 is 0 Å². The van der Waals surface area contributed by atoms with Crippen molar-refractivity contribution < 1.29 is 0 Å². The van der Waals surface area contributed by atoms with E-state index in [1.807, 2.05) is 0 Å². The van der Waals surface area contributed by atoms with E-state index in [2.05, 4.69) is 47.8 Å². The molecule has 0 aromatic carbocycles. The number of azide groups is 1. The van der Waals surface area contributed by atoms with Crippen LogP contribution in [-0.2, 0) is 0 Å². The Morgan fingerprint density at radius 3 is 2.53 bits per heavy atom. The van der Waals surface area contributed by atoms with E-state index < -0.39 is 0 Å². The molecule has 5 nitrogen and oxygen atoms in total. The maximum absolute atomic E-state index is 8.15. The van der Waals surface area contributed by atoms with Crippen molar-refractivity contribution in [3.8, 4) is 0 Å². The highest BCUT2D eigenvalue weighted by molar-refractivity contribution is 4.68. The number of hydrogen-bond acceptors (Lipinski definition) is 3. The van der Waals surface area contributed by atoms with Crippen LogP contribution in [0.3, 0.4) is 0 Å². The molecule has 1 atom stereocenters. The van der Waals surface area contributed by atoms with Crippen LogP contribution in [0.2, 0.25) is 0 Å². The van der Waals surface area contributed by atoms with Crippen LogP contribution in [0.15, 0.2) is 5.11 Å². The quantitative estimate of drug-likeness (QED) is 0.268. The second-order valence-electron chi connectivity index (χ2n) is 4.05. The van der Waals surface area contributed by atoms with Gasteiger partial charge in [0.2, 0.25) is 0 Å². The second kappa shape index (κ2) is 8.53. The number of likely N-dealkylation sites (N-methyl/N-ethyl adjacent to an activating group) is 2. The van der Waals surface area contributed by atoms with Gasteiger partial charge in [-0.15, -0.1) is 0 Å². The van der Waals surface area contributed by atoms with Gasteiger partial charge in [0.05, 0.1) is 0 Å². The highest BCUT2D eigenvalue weighted by Crippen LogP contribution is 2.01. The zero-order valence-corrected chi connectivity index (χ0v) is 10.3. The van der Waals surface area contributed by atoms with Crippen LogP contribution in [0.1, 0.15) is 20.3 Å². The summed E-state index contributed by atoms with van der Waals surface area (Å²) in [6.07, 6.45) is 0.940. The largest absolute Gasteiger partial charge is 0.308 e. The molecule has 0 spiro atoms. The Bertz CT molecular complexity index is 198. The van der Waals surface area contributed by atoms with E-state index in [-0.39, 0.29) is 0 Å². The lowest BCUT2D eigenvalue weighted by Gasteiger charge is -2.29. The van der Waals surface area contributed by atoms with Crippen LogP contribution >= 0.6 is 0 Å². The summed E-state index contributed by atoms with van der Waals surface area (Å²) in [6.45, 7) is 8.11. The number of nitrogens with zero attached hydrogens (tertiary/aromatic N) is 5. The summed E-state index contributed by atoms with van der Waals surface area (Å²) in [5.41, 5.74) is 8.15. The SMILES string of the molecule is CCN(CCCN=[N+]=[N-])C(C)CN(C)C. The second-order valence-corrected chi connectivity index (χ2v) is 4.05. The minimum Gasteiger partial charge on any atom is -0.308 e.